The Morgan fingerprint density at radius 1 is 1.40 bits per heavy atom. The lowest BCUT2D eigenvalue weighted by molar-refractivity contribution is -0.137. The van der Waals surface area contributed by atoms with Crippen LogP contribution < -0.4 is 0 Å². The number of hydrogen-bond donors (Lipinski definition) is 1. The van der Waals surface area contributed by atoms with E-state index in [1.54, 1.807) is 13.0 Å². The van der Waals surface area contributed by atoms with Crippen molar-refractivity contribution in [1.29, 1.82) is 0 Å². The number of carbonyl (C=O) groups excluding carboxylic acids is 1. The Labute approximate surface area is 92.1 Å². The maximum Gasteiger partial charge on any atom is 0.330 e. The molecular weight excluding hydrogens is 192 g/mol. The molecule has 0 saturated carbocycles. The minimum absolute atomic E-state index is 0.331. The number of ether oxygens (including phenoxy) is 1. The van der Waals surface area contributed by atoms with E-state index in [0.29, 0.717) is 13.0 Å². The van der Waals surface area contributed by atoms with Crippen LogP contribution in [-0.2, 0) is 9.53 Å². The van der Waals surface area contributed by atoms with Crippen LogP contribution in [-0.4, -0.2) is 23.8 Å². The molecule has 0 aromatic carbocycles. The first kappa shape index (κ1) is 14.2. The van der Waals surface area contributed by atoms with Gasteiger partial charge in [0.1, 0.15) is 0 Å². The van der Waals surface area contributed by atoms with Crippen molar-refractivity contribution < 1.29 is 14.6 Å². The fourth-order valence-corrected chi connectivity index (χ4v) is 1.26. The molecule has 3 heteroatoms. The Bertz CT molecular complexity index is 187. The van der Waals surface area contributed by atoms with Crippen LogP contribution in [0.1, 0.15) is 46.0 Å². The lowest BCUT2D eigenvalue weighted by Gasteiger charge is -2.06. The van der Waals surface area contributed by atoms with E-state index >= 15 is 0 Å². The molecule has 1 atom stereocenters. The van der Waals surface area contributed by atoms with Crippen LogP contribution in [0, 0.1) is 0 Å². The highest BCUT2D eigenvalue weighted by molar-refractivity contribution is 5.81. The molecule has 15 heavy (non-hydrogen) atoms. The maximum atomic E-state index is 10.9. The first-order valence-electron chi connectivity index (χ1n) is 5.72. The van der Waals surface area contributed by atoms with Crippen LogP contribution in [0.5, 0.6) is 0 Å². The summed E-state index contributed by atoms with van der Waals surface area (Å²) >= 11 is 0. The van der Waals surface area contributed by atoms with Crippen LogP contribution in [0.4, 0.5) is 0 Å². The monoisotopic (exact) mass is 214 g/mol. The van der Waals surface area contributed by atoms with Crippen molar-refractivity contribution in [2.45, 2.75) is 52.1 Å². The highest BCUT2D eigenvalue weighted by atomic mass is 16.5. The summed E-state index contributed by atoms with van der Waals surface area (Å²) in [6.45, 7) is 4.29. The first-order valence-corrected chi connectivity index (χ1v) is 5.72. The highest BCUT2D eigenvalue weighted by Crippen LogP contribution is 2.06. The van der Waals surface area contributed by atoms with E-state index in [0.717, 1.165) is 25.7 Å². The van der Waals surface area contributed by atoms with Gasteiger partial charge in [-0.05, 0) is 19.8 Å². The SMILES string of the molecule is CCCCC[C@@H](O)C/C=C/C(=O)OCC. The molecule has 1 N–H and O–H groups in total. The largest absolute Gasteiger partial charge is 0.463 e. The van der Waals surface area contributed by atoms with Crippen LogP contribution in [0.25, 0.3) is 0 Å². The Hall–Kier alpha value is -0.830. The molecule has 0 aliphatic rings. The fraction of sp³-hybridized carbons (Fsp3) is 0.750. The lowest BCUT2D eigenvalue weighted by atomic mass is 10.1. The van der Waals surface area contributed by atoms with E-state index in [2.05, 4.69) is 6.92 Å². The third-order valence-corrected chi connectivity index (χ3v) is 2.09. The van der Waals surface area contributed by atoms with Crippen molar-refractivity contribution in [3.8, 4) is 0 Å². The Kier molecular flexibility index (Phi) is 9.18. The first-order chi connectivity index (χ1) is 7.20. The third kappa shape index (κ3) is 9.47. The number of aliphatic hydroxyl groups is 1. The second kappa shape index (κ2) is 9.71. The molecule has 0 aromatic rings. The van der Waals surface area contributed by atoms with Crippen molar-refractivity contribution in [2.24, 2.45) is 0 Å². The Balaban J connectivity index is 3.51. The second-order valence-corrected chi connectivity index (χ2v) is 3.54. The van der Waals surface area contributed by atoms with Gasteiger partial charge in [-0.1, -0.05) is 32.3 Å². The van der Waals surface area contributed by atoms with Crippen molar-refractivity contribution in [3.63, 3.8) is 0 Å². The molecule has 0 spiro atoms. The number of unbranched alkanes of at least 4 members (excludes halogenated alkanes) is 2. The molecule has 0 aliphatic carbocycles. The lowest BCUT2D eigenvalue weighted by Crippen LogP contribution is -2.05. The molecule has 0 rings (SSSR count). The molecule has 3 nitrogen and oxygen atoms in total. The molecule has 0 bridgehead atoms. The summed E-state index contributed by atoms with van der Waals surface area (Å²) in [5.74, 6) is -0.335. The van der Waals surface area contributed by atoms with Gasteiger partial charge in [-0.15, -0.1) is 0 Å². The standard InChI is InChI=1S/C12H22O3/c1-3-5-6-8-11(13)9-7-10-12(14)15-4-2/h7,10-11,13H,3-6,8-9H2,1-2H3/b10-7+/t11-/m1/s1. The van der Waals surface area contributed by atoms with Crippen molar-refractivity contribution in [3.05, 3.63) is 12.2 Å². The summed E-state index contributed by atoms with van der Waals surface area (Å²) in [4.78, 5) is 10.9. The predicted molar refractivity (Wildman–Crippen MR) is 60.5 cm³/mol. The number of aliphatic hydroxyl groups excluding tert-OH is 1. The molecular formula is C12H22O3. The van der Waals surface area contributed by atoms with Gasteiger partial charge in [0.15, 0.2) is 0 Å². The summed E-state index contributed by atoms with van der Waals surface area (Å²) < 4.78 is 4.71. The Morgan fingerprint density at radius 2 is 2.13 bits per heavy atom. The Morgan fingerprint density at radius 3 is 2.73 bits per heavy atom. The van der Waals surface area contributed by atoms with E-state index < -0.39 is 0 Å². The summed E-state index contributed by atoms with van der Waals surface area (Å²) in [6.07, 6.45) is 7.42. The molecule has 0 heterocycles. The summed E-state index contributed by atoms with van der Waals surface area (Å²) in [5.41, 5.74) is 0. The number of carbonyl (C=O) groups is 1. The zero-order chi connectivity index (χ0) is 11.5. The maximum absolute atomic E-state index is 10.9. The predicted octanol–water partition coefficient (Wildman–Crippen LogP) is 2.44. The molecule has 0 radical (unpaired) electrons. The fourth-order valence-electron chi connectivity index (χ4n) is 1.26. The quantitative estimate of drug-likeness (QED) is 0.383. The van der Waals surface area contributed by atoms with E-state index in [9.17, 15) is 9.90 Å². The van der Waals surface area contributed by atoms with Crippen molar-refractivity contribution in [1.82, 2.24) is 0 Å². The van der Waals surface area contributed by atoms with Gasteiger partial charge in [-0.2, -0.15) is 0 Å². The summed E-state index contributed by atoms with van der Waals surface area (Å²) in [6, 6.07) is 0. The number of hydrogen-bond acceptors (Lipinski definition) is 3. The average Bonchev–Trinajstić information content (AvgIpc) is 2.18. The van der Waals surface area contributed by atoms with Crippen LogP contribution in [0.2, 0.25) is 0 Å². The third-order valence-electron chi connectivity index (χ3n) is 2.09. The molecule has 88 valence electrons. The topological polar surface area (TPSA) is 46.5 Å². The average molecular weight is 214 g/mol. The van der Waals surface area contributed by atoms with Gasteiger partial charge in [0, 0.05) is 6.08 Å². The van der Waals surface area contributed by atoms with E-state index in [-0.39, 0.29) is 12.1 Å². The minimum Gasteiger partial charge on any atom is -0.463 e. The normalized spacial score (nSPS) is 13.0. The van der Waals surface area contributed by atoms with E-state index in [1.807, 2.05) is 0 Å². The van der Waals surface area contributed by atoms with E-state index in [1.165, 1.54) is 6.08 Å². The summed E-state index contributed by atoms with van der Waals surface area (Å²) in [7, 11) is 0. The molecule has 0 amide bonds. The second-order valence-electron chi connectivity index (χ2n) is 3.54. The van der Waals surface area contributed by atoms with Crippen LogP contribution >= 0.6 is 0 Å². The zero-order valence-electron chi connectivity index (χ0n) is 9.74. The molecule has 0 saturated heterocycles. The smallest absolute Gasteiger partial charge is 0.330 e. The van der Waals surface area contributed by atoms with Gasteiger partial charge in [-0.3, -0.25) is 0 Å². The molecule has 0 fully saturated rings. The minimum atomic E-state index is -0.335. The van der Waals surface area contributed by atoms with E-state index in [4.69, 9.17) is 4.74 Å². The van der Waals surface area contributed by atoms with Gasteiger partial charge < -0.3 is 9.84 Å². The molecule has 0 aliphatic heterocycles. The van der Waals surface area contributed by atoms with Gasteiger partial charge >= 0.3 is 5.97 Å². The molecule has 0 unspecified atom stereocenters. The van der Waals surface area contributed by atoms with Gasteiger partial charge in [0.25, 0.3) is 0 Å². The number of esters is 1. The van der Waals surface area contributed by atoms with Crippen molar-refractivity contribution >= 4 is 5.97 Å². The highest BCUT2D eigenvalue weighted by Gasteiger charge is 2.01. The van der Waals surface area contributed by atoms with Gasteiger partial charge in [0.05, 0.1) is 12.7 Å². The van der Waals surface area contributed by atoms with Gasteiger partial charge in [-0.25, -0.2) is 4.79 Å². The van der Waals surface area contributed by atoms with Crippen LogP contribution in [0.15, 0.2) is 12.2 Å². The van der Waals surface area contributed by atoms with Crippen molar-refractivity contribution in [2.75, 3.05) is 6.61 Å². The summed E-state index contributed by atoms with van der Waals surface area (Å²) in [5, 5.41) is 9.52. The van der Waals surface area contributed by atoms with Gasteiger partial charge in [0.2, 0.25) is 0 Å². The molecule has 0 aromatic heterocycles. The zero-order valence-corrected chi connectivity index (χ0v) is 9.74. The van der Waals surface area contributed by atoms with Crippen LogP contribution in [0.3, 0.4) is 0 Å². The number of rotatable bonds is 8.